The van der Waals surface area contributed by atoms with Gasteiger partial charge in [0.15, 0.2) is 5.92 Å². The normalized spacial score (nSPS) is 12.3. The topological polar surface area (TPSA) is 72.8 Å². The van der Waals surface area contributed by atoms with Gasteiger partial charge in [-0.05, 0) is 69.4 Å². The van der Waals surface area contributed by atoms with Crippen molar-refractivity contribution in [2.45, 2.75) is 53.1 Å². The lowest BCUT2D eigenvalue weighted by molar-refractivity contribution is -0.167. The maximum Gasteiger partial charge on any atom is 0.320 e. The van der Waals surface area contributed by atoms with E-state index in [4.69, 9.17) is 9.47 Å². The summed E-state index contributed by atoms with van der Waals surface area (Å²) < 4.78 is 11.1. The van der Waals surface area contributed by atoms with Gasteiger partial charge in [0.25, 0.3) is 0 Å². The van der Waals surface area contributed by atoms with Gasteiger partial charge in [-0.3, -0.25) is 9.59 Å². The molecule has 1 atom stereocenters. The minimum atomic E-state index is -1.25. The van der Waals surface area contributed by atoms with Crippen LogP contribution in [0.1, 0.15) is 49.4 Å². The van der Waals surface area contributed by atoms with E-state index in [2.05, 4.69) is 25.1 Å². The number of hydrogen-bond acceptors (Lipinski definition) is 4. The van der Waals surface area contributed by atoms with Crippen molar-refractivity contribution in [3.63, 3.8) is 0 Å². The maximum absolute atomic E-state index is 12.2. The van der Waals surface area contributed by atoms with Crippen LogP contribution in [0.25, 0.3) is 0 Å². The molecule has 156 valence electrons. The summed E-state index contributed by atoms with van der Waals surface area (Å²) in [4.78, 5) is 23.6. The standard InChI is InChI=1S/C24H30O5/c1-16-13-17(2)21(15-19(16)14-18-9-7-6-8-10-18)28-12-11-20(22(25)26)23(27)29-24(3,4)5/h6-10,13,15,20H,11-12,14H2,1-5H3,(H,25,26). The Bertz CT molecular complexity index is 850. The molecule has 0 aliphatic heterocycles. The van der Waals surface area contributed by atoms with Gasteiger partial charge in [0.2, 0.25) is 0 Å². The molecule has 0 amide bonds. The molecule has 0 aliphatic rings. The van der Waals surface area contributed by atoms with Crippen LogP contribution in [0.5, 0.6) is 5.75 Å². The van der Waals surface area contributed by atoms with E-state index in [0.29, 0.717) is 5.75 Å². The average Bonchev–Trinajstić information content (AvgIpc) is 2.61. The second kappa shape index (κ2) is 9.59. The number of aliphatic carboxylic acids is 1. The number of hydrogen-bond donors (Lipinski definition) is 1. The molecule has 29 heavy (non-hydrogen) atoms. The van der Waals surface area contributed by atoms with Gasteiger partial charge in [-0.1, -0.05) is 36.4 Å². The number of carbonyl (C=O) groups is 2. The van der Waals surface area contributed by atoms with Crippen LogP contribution >= 0.6 is 0 Å². The fourth-order valence-electron chi connectivity index (χ4n) is 3.04. The molecule has 0 bridgehead atoms. The zero-order valence-electron chi connectivity index (χ0n) is 17.8. The number of esters is 1. The summed E-state index contributed by atoms with van der Waals surface area (Å²) in [7, 11) is 0. The Kier molecular flexibility index (Phi) is 7.43. The van der Waals surface area contributed by atoms with Gasteiger partial charge in [0.05, 0.1) is 6.61 Å². The van der Waals surface area contributed by atoms with Crippen LogP contribution in [0.2, 0.25) is 0 Å². The van der Waals surface area contributed by atoms with Gasteiger partial charge in [-0.25, -0.2) is 0 Å². The molecule has 0 heterocycles. The van der Waals surface area contributed by atoms with Crippen molar-refractivity contribution >= 4 is 11.9 Å². The number of benzene rings is 2. The Labute approximate surface area is 172 Å². The molecule has 1 unspecified atom stereocenters. The third kappa shape index (κ3) is 6.93. The molecule has 2 rings (SSSR count). The Morgan fingerprint density at radius 3 is 2.28 bits per heavy atom. The van der Waals surface area contributed by atoms with Crippen LogP contribution < -0.4 is 4.74 Å². The first-order valence-electron chi connectivity index (χ1n) is 9.79. The summed E-state index contributed by atoms with van der Waals surface area (Å²) in [6, 6.07) is 14.2. The zero-order valence-corrected chi connectivity index (χ0v) is 17.8. The molecule has 0 saturated carbocycles. The maximum atomic E-state index is 12.2. The molecule has 5 nitrogen and oxygen atoms in total. The molecule has 0 radical (unpaired) electrons. The van der Waals surface area contributed by atoms with E-state index in [-0.39, 0.29) is 13.0 Å². The minimum absolute atomic E-state index is 0.0472. The van der Waals surface area contributed by atoms with Crippen molar-refractivity contribution in [3.8, 4) is 5.75 Å². The van der Waals surface area contributed by atoms with Crippen LogP contribution in [-0.2, 0) is 20.7 Å². The summed E-state index contributed by atoms with van der Waals surface area (Å²) >= 11 is 0. The second-order valence-corrected chi connectivity index (χ2v) is 8.27. The zero-order chi connectivity index (χ0) is 21.6. The van der Waals surface area contributed by atoms with Gasteiger partial charge in [0.1, 0.15) is 11.4 Å². The van der Waals surface area contributed by atoms with Crippen LogP contribution in [0, 0.1) is 19.8 Å². The highest BCUT2D eigenvalue weighted by molar-refractivity contribution is 5.94. The van der Waals surface area contributed by atoms with Gasteiger partial charge in [-0.15, -0.1) is 0 Å². The first-order valence-corrected chi connectivity index (χ1v) is 9.79. The average molecular weight is 398 g/mol. The van der Waals surface area contributed by atoms with Gasteiger partial charge >= 0.3 is 11.9 Å². The van der Waals surface area contributed by atoms with Crippen molar-refractivity contribution < 1.29 is 24.2 Å². The largest absolute Gasteiger partial charge is 0.493 e. The SMILES string of the molecule is Cc1cc(C)c(OCCC(C(=O)O)C(=O)OC(C)(C)C)cc1Cc1ccccc1. The van der Waals surface area contributed by atoms with Gasteiger partial charge < -0.3 is 14.6 Å². The summed E-state index contributed by atoms with van der Waals surface area (Å²) in [6.07, 6.45) is 0.838. The number of carboxylic acids is 1. The first kappa shape index (κ1) is 22.5. The van der Waals surface area contributed by atoms with Crippen LogP contribution in [-0.4, -0.2) is 29.3 Å². The smallest absolute Gasteiger partial charge is 0.320 e. The highest BCUT2D eigenvalue weighted by atomic mass is 16.6. The third-order valence-corrected chi connectivity index (χ3v) is 4.52. The molecule has 2 aromatic rings. The highest BCUT2D eigenvalue weighted by Crippen LogP contribution is 2.25. The second-order valence-electron chi connectivity index (χ2n) is 8.27. The van der Waals surface area contributed by atoms with E-state index in [9.17, 15) is 14.7 Å². The fraction of sp³-hybridized carbons (Fsp3) is 0.417. The van der Waals surface area contributed by atoms with Gasteiger partial charge in [0, 0.05) is 6.42 Å². The Morgan fingerprint density at radius 2 is 1.69 bits per heavy atom. The molecule has 0 aliphatic carbocycles. The number of aryl methyl sites for hydroxylation is 2. The molecule has 2 aromatic carbocycles. The molecule has 1 N–H and O–H groups in total. The molecule has 0 fully saturated rings. The molecular weight excluding hydrogens is 368 g/mol. The van der Waals surface area contributed by atoms with Crippen LogP contribution in [0.4, 0.5) is 0 Å². The van der Waals surface area contributed by atoms with Crippen LogP contribution in [0.15, 0.2) is 42.5 Å². The van der Waals surface area contributed by atoms with E-state index in [1.165, 1.54) is 11.1 Å². The minimum Gasteiger partial charge on any atom is -0.493 e. The van der Waals surface area contributed by atoms with E-state index >= 15 is 0 Å². The molecule has 0 saturated heterocycles. The lowest BCUT2D eigenvalue weighted by Crippen LogP contribution is -2.33. The molecule has 0 spiro atoms. The molecular formula is C24H30O5. The Balaban J connectivity index is 2.06. The Morgan fingerprint density at radius 1 is 1.03 bits per heavy atom. The fourth-order valence-corrected chi connectivity index (χ4v) is 3.04. The van der Waals surface area contributed by atoms with Crippen LogP contribution in [0.3, 0.4) is 0 Å². The van der Waals surface area contributed by atoms with E-state index < -0.39 is 23.5 Å². The van der Waals surface area contributed by atoms with Gasteiger partial charge in [-0.2, -0.15) is 0 Å². The number of ether oxygens (including phenoxy) is 2. The van der Waals surface area contributed by atoms with E-state index in [1.54, 1.807) is 20.8 Å². The van der Waals surface area contributed by atoms with Crippen molar-refractivity contribution in [1.82, 2.24) is 0 Å². The molecule has 5 heteroatoms. The summed E-state index contributed by atoms with van der Waals surface area (Å²) in [5.41, 5.74) is 3.78. The quantitative estimate of drug-likeness (QED) is 0.515. The number of rotatable bonds is 8. The van der Waals surface area contributed by atoms with Crippen molar-refractivity contribution in [2.24, 2.45) is 5.92 Å². The Hall–Kier alpha value is -2.82. The van der Waals surface area contributed by atoms with E-state index in [0.717, 1.165) is 17.5 Å². The summed E-state index contributed by atoms with van der Waals surface area (Å²) in [5.74, 6) is -2.48. The summed E-state index contributed by atoms with van der Waals surface area (Å²) in [6.45, 7) is 9.28. The van der Waals surface area contributed by atoms with Crippen molar-refractivity contribution in [1.29, 1.82) is 0 Å². The summed E-state index contributed by atoms with van der Waals surface area (Å²) in [5, 5.41) is 9.38. The predicted octanol–water partition coefficient (Wildman–Crippen LogP) is 4.71. The van der Waals surface area contributed by atoms with Crippen molar-refractivity contribution in [3.05, 3.63) is 64.7 Å². The number of carbonyl (C=O) groups excluding carboxylic acids is 1. The van der Waals surface area contributed by atoms with Crippen molar-refractivity contribution in [2.75, 3.05) is 6.61 Å². The monoisotopic (exact) mass is 398 g/mol. The highest BCUT2D eigenvalue weighted by Gasteiger charge is 2.31. The third-order valence-electron chi connectivity index (χ3n) is 4.52. The predicted molar refractivity (Wildman–Crippen MR) is 112 cm³/mol. The number of carboxylic acid groups (broad SMARTS) is 1. The lowest BCUT2D eigenvalue weighted by Gasteiger charge is -2.22. The van der Waals surface area contributed by atoms with E-state index in [1.807, 2.05) is 31.2 Å². The first-order chi connectivity index (χ1) is 13.6. The molecule has 0 aromatic heterocycles. The lowest BCUT2D eigenvalue weighted by atomic mass is 9.98.